The van der Waals surface area contributed by atoms with Crippen LogP contribution in [0.5, 0.6) is 0 Å². The van der Waals surface area contributed by atoms with Crippen LogP contribution in [0.1, 0.15) is 5.56 Å². The van der Waals surface area contributed by atoms with Crippen LogP contribution >= 0.6 is 11.6 Å². The Balaban J connectivity index is 2.25. The topological polar surface area (TPSA) is 75.4 Å². The van der Waals surface area contributed by atoms with E-state index in [0.717, 1.165) is 17.5 Å². The Kier molecular flexibility index (Phi) is 3.84. The fraction of sp³-hybridized carbons (Fsp3) is 0.167. The average molecular weight is 267 g/mol. The maximum Gasteiger partial charge on any atom is 0.409 e. The van der Waals surface area contributed by atoms with Crippen LogP contribution in [0, 0.1) is 0 Å². The lowest BCUT2D eigenvalue weighted by Crippen LogP contribution is -2.07. The van der Waals surface area contributed by atoms with Crippen LogP contribution in [0.2, 0.25) is 0 Å². The van der Waals surface area contributed by atoms with Gasteiger partial charge in [0, 0.05) is 11.4 Å². The molecule has 0 bridgehead atoms. The lowest BCUT2D eigenvalue weighted by molar-refractivity contribution is 0.209. The third-order valence-corrected chi connectivity index (χ3v) is 2.61. The lowest BCUT2D eigenvalue weighted by atomic mass is 10.1. The number of amides is 1. The molecule has 2 aromatic rings. The number of halogens is 1. The molecule has 1 aromatic carbocycles. The number of carboxylic acid groups (broad SMARTS) is 1. The first-order valence-electron chi connectivity index (χ1n) is 5.30. The van der Waals surface area contributed by atoms with Crippen molar-refractivity contribution in [2.75, 3.05) is 11.2 Å². The summed E-state index contributed by atoms with van der Waals surface area (Å²) in [6.07, 6.45) is 0.898. The largest absolute Gasteiger partial charge is 0.465 e. The molecule has 94 valence electrons. The highest BCUT2D eigenvalue weighted by Gasteiger charge is 2.12. The van der Waals surface area contributed by atoms with Crippen LogP contribution < -0.4 is 5.32 Å². The van der Waals surface area contributed by atoms with Gasteiger partial charge in [0.15, 0.2) is 0 Å². The molecule has 5 nitrogen and oxygen atoms in total. The Morgan fingerprint density at radius 2 is 2.11 bits per heavy atom. The van der Waals surface area contributed by atoms with Crippen molar-refractivity contribution in [1.82, 2.24) is 5.16 Å². The van der Waals surface area contributed by atoms with Crippen LogP contribution in [-0.2, 0) is 6.42 Å². The zero-order valence-electron chi connectivity index (χ0n) is 9.39. The van der Waals surface area contributed by atoms with E-state index in [-0.39, 0.29) is 0 Å². The third-order valence-electron chi connectivity index (χ3n) is 2.42. The standard InChI is InChI=1S/C12H11ClN2O3/c13-6-5-8-1-3-9(4-2-8)11-10(7-18-15-11)14-12(16)17/h1-4,7,14H,5-6H2,(H,16,17). The molecule has 2 N–H and O–H groups in total. The van der Waals surface area contributed by atoms with Crippen molar-refractivity contribution in [3.05, 3.63) is 36.1 Å². The first-order valence-corrected chi connectivity index (χ1v) is 5.83. The predicted octanol–water partition coefficient (Wildman–Crippen LogP) is 3.21. The van der Waals surface area contributed by atoms with E-state index in [1.807, 2.05) is 24.3 Å². The summed E-state index contributed by atoms with van der Waals surface area (Å²) in [4.78, 5) is 10.6. The Hall–Kier alpha value is -2.01. The number of anilines is 1. The maximum absolute atomic E-state index is 10.6. The molecule has 0 unspecified atom stereocenters. The van der Waals surface area contributed by atoms with Gasteiger partial charge in [0.25, 0.3) is 0 Å². The van der Waals surface area contributed by atoms with Gasteiger partial charge in [-0.1, -0.05) is 29.4 Å². The molecular weight excluding hydrogens is 256 g/mol. The SMILES string of the molecule is O=C(O)Nc1conc1-c1ccc(CCCl)cc1. The molecule has 0 spiro atoms. The fourth-order valence-electron chi connectivity index (χ4n) is 1.59. The van der Waals surface area contributed by atoms with Gasteiger partial charge in [-0.05, 0) is 12.0 Å². The van der Waals surface area contributed by atoms with Gasteiger partial charge in [-0.3, -0.25) is 5.32 Å². The van der Waals surface area contributed by atoms with Gasteiger partial charge in [0.1, 0.15) is 17.6 Å². The van der Waals surface area contributed by atoms with Gasteiger partial charge in [0.2, 0.25) is 0 Å². The van der Waals surface area contributed by atoms with Crippen molar-refractivity contribution in [3.8, 4) is 11.3 Å². The smallest absolute Gasteiger partial charge is 0.409 e. The van der Waals surface area contributed by atoms with E-state index in [4.69, 9.17) is 21.2 Å². The van der Waals surface area contributed by atoms with Gasteiger partial charge in [-0.2, -0.15) is 0 Å². The Labute approximate surface area is 108 Å². The molecule has 0 saturated heterocycles. The van der Waals surface area contributed by atoms with Gasteiger partial charge >= 0.3 is 6.09 Å². The zero-order valence-corrected chi connectivity index (χ0v) is 10.1. The quantitative estimate of drug-likeness (QED) is 0.833. The number of nitrogens with zero attached hydrogens (tertiary/aromatic N) is 1. The van der Waals surface area contributed by atoms with E-state index in [2.05, 4.69) is 10.5 Å². The number of hydrogen-bond donors (Lipinski definition) is 2. The summed E-state index contributed by atoms with van der Waals surface area (Å²) in [7, 11) is 0. The van der Waals surface area contributed by atoms with E-state index in [1.54, 1.807) is 0 Å². The monoisotopic (exact) mass is 266 g/mol. The summed E-state index contributed by atoms with van der Waals surface area (Å²) in [5.74, 6) is 0.565. The number of rotatable bonds is 4. The minimum atomic E-state index is -1.15. The Morgan fingerprint density at radius 1 is 1.39 bits per heavy atom. The number of nitrogens with one attached hydrogen (secondary N) is 1. The van der Waals surface area contributed by atoms with Crippen molar-refractivity contribution in [1.29, 1.82) is 0 Å². The number of alkyl halides is 1. The molecule has 0 radical (unpaired) electrons. The first-order chi connectivity index (χ1) is 8.70. The molecule has 0 fully saturated rings. The van der Waals surface area contributed by atoms with Crippen LogP contribution in [-0.4, -0.2) is 22.2 Å². The van der Waals surface area contributed by atoms with Crippen LogP contribution in [0.15, 0.2) is 35.1 Å². The average Bonchev–Trinajstić information content (AvgIpc) is 2.78. The third kappa shape index (κ3) is 2.81. The van der Waals surface area contributed by atoms with E-state index >= 15 is 0 Å². The summed E-state index contributed by atoms with van der Waals surface area (Å²) in [6.45, 7) is 0. The summed E-state index contributed by atoms with van der Waals surface area (Å²) >= 11 is 5.66. The second-order valence-corrected chi connectivity index (χ2v) is 4.02. The number of aromatic nitrogens is 1. The zero-order chi connectivity index (χ0) is 13.0. The molecule has 2 rings (SSSR count). The summed E-state index contributed by atoms with van der Waals surface area (Å²) in [5.41, 5.74) is 2.69. The van der Waals surface area contributed by atoms with E-state index in [9.17, 15) is 4.79 Å². The molecule has 0 aliphatic heterocycles. The van der Waals surface area contributed by atoms with Crippen LogP contribution in [0.3, 0.4) is 0 Å². The predicted molar refractivity (Wildman–Crippen MR) is 68.0 cm³/mol. The van der Waals surface area contributed by atoms with Crippen LogP contribution in [0.25, 0.3) is 11.3 Å². The molecule has 0 aliphatic carbocycles. The minimum absolute atomic E-state index is 0.326. The highest BCUT2D eigenvalue weighted by Crippen LogP contribution is 2.26. The first kappa shape index (κ1) is 12.4. The van der Waals surface area contributed by atoms with E-state index in [1.165, 1.54) is 6.26 Å². The molecular formula is C12H11ClN2O3. The van der Waals surface area contributed by atoms with Crippen molar-refractivity contribution in [2.24, 2.45) is 0 Å². The van der Waals surface area contributed by atoms with Crippen molar-refractivity contribution in [3.63, 3.8) is 0 Å². The van der Waals surface area contributed by atoms with Gasteiger partial charge in [-0.25, -0.2) is 4.79 Å². The molecule has 0 saturated carbocycles. The maximum atomic E-state index is 10.6. The molecule has 1 amide bonds. The Bertz CT molecular complexity index is 537. The normalized spacial score (nSPS) is 10.3. The fourth-order valence-corrected chi connectivity index (χ4v) is 1.81. The van der Waals surface area contributed by atoms with Crippen LogP contribution in [0.4, 0.5) is 10.5 Å². The molecule has 0 atom stereocenters. The highest BCUT2D eigenvalue weighted by atomic mass is 35.5. The summed E-state index contributed by atoms with van der Waals surface area (Å²) in [5, 5.41) is 14.7. The van der Waals surface area contributed by atoms with Crippen molar-refractivity contribution < 1.29 is 14.4 Å². The number of hydrogen-bond acceptors (Lipinski definition) is 3. The second-order valence-electron chi connectivity index (χ2n) is 3.64. The van der Waals surface area contributed by atoms with Crippen molar-refractivity contribution in [2.45, 2.75) is 6.42 Å². The summed E-state index contributed by atoms with van der Waals surface area (Å²) < 4.78 is 4.78. The molecule has 6 heteroatoms. The van der Waals surface area contributed by atoms with E-state index < -0.39 is 6.09 Å². The summed E-state index contributed by atoms with van der Waals surface area (Å²) in [6, 6.07) is 7.56. The van der Waals surface area contributed by atoms with E-state index in [0.29, 0.717) is 17.3 Å². The minimum Gasteiger partial charge on any atom is -0.465 e. The van der Waals surface area contributed by atoms with Crippen molar-refractivity contribution >= 4 is 23.4 Å². The highest BCUT2D eigenvalue weighted by molar-refractivity contribution is 6.17. The van der Waals surface area contributed by atoms with Gasteiger partial charge < -0.3 is 9.63 Å². The van der Waals surface area contributed by atoms with Gasteiger partial charge in [-0.15, -0.1) is 11.6 Å². The Morgan fingerprint density at radius 3 is 2.72 bits per heavy atom. The number of carbonyl (C=O) groups is 1. The van der Waals surface area contributed by atoms with Gasteiger partial charge in [0.05, 0.1) is 0 Å². The molecule has 1 aromatic heterocycles. The lowest BCUT2D eigenvalue weighted by Gasteiger charge is -2.02. The molecule has 0 aliphatic rings. The second kappa shape index (κ2) is 5.55. The molecule has 18 heavy (non-hydrogen) atoms. The number of aryl methyl sites for hydroxylation is 1. The molecule has 1 heterocycles. The number of benzene rings is 1.